The predicted molar refractivity (Wildman–Crippen MR) is 143 cm³/mol. The quantitative estimate of drug-likeness (QED) is 0.415. The zero-order chi connectivity index (χ0) is 27.4. The molecule has 1 atom stereocenters. The molecule has 0 radical (unpaired) electrons. The molecule has 4 rings (SSSR count). The maximum atomic E-state index is 14.0. The van der Waals surface area contributed by atoms with Crippen LogP contribution in [-0.4, -0.2) is 67.6 Å². The number of carbonyl (C=O) groups is 3. The topological polar surface area (TPSA) is 91.0 Å². The van der Waals surface area contributed by atoms with Gasteiger partial charge in [-0.3, -0.25) is 19.3 Å². The number of hydrogen-bond acceptors (Lipinski definition) is 6. The van der Waals surface area contributed by atoms with Gasteiger partial charge in [-0.1, -0.05) is 25.4 Å². The summed E-state index contributed by atoms with van der Waals surface area (Å²) in [6.45, 7) is 5.06. The molecule has 1 aromatic heterocycles. The summed E-state index contributed by atoms with van der Waals surface area (Å²) in [5, 5.41) is 5.61. The fraction of sp³-hybridized carbons (Fsp3) is 0.500. The van der Waals surface area contributed by atoms with E-state index in [-0.39, 0.29) is 61.1 Å². The van der Waals surface area contributed by atoms with E-state index in [0.29, 0.717) is 15.8 Å². The number of alkyl halides is 2. The van der Waals surface area contributed by atoms with Gasteiger partial charge < -0.3 is 20.3 Å². The van der Waals surface area contributed by atoms with Crippen LogP contribution in [-0.2, 0) is 14.3 Å². The number of halogens is 3. The molecule has 1 aromatic carbocycles. The van der Waals surface area contributed by atoms with Gasteiger partial charge in [0.05, 0.1) is 21.5 Å². The van der Waals surface area contributed by atoms with Gasteiger partial charge in [0.1, 0.15) is 12.6 Å². The molecule has 1 saturated heterocycles. The number of anilines is 2. The average Bonchev–Trinajstić information content (AvgIpc) is 3.63. The van der Waals surface area contributed by atoms with E-state index in [4.69, 9.17) is 16.3 Å². The Morgan fingerprint density at radius 3 is 2.61 bits per heavy atom. The molecule has 3 amide bonds. The highest BCUT2D eigenvalue weighted by Gasteiger charge is 2.38. The Balaban J connectivity index is 1.54. The summed E-state index contributed by atoms with van der Waals surface area (Å²) < 4.78 is 33.6. The lowest BCUT2D eigenvalue weighted by molar-refractivity contribution is -0.125. The fourth-order valence-electron chi connectivity index (χ4n) is 4.48. The summed E-state index contributed by atoms with van der Waals surface area (Å²) in [6.07, 6.45) is -0.958. The van der Waals surface area contributed by atoms with Crippen LogP contribution in [0.4, 0.5) is 20.2 Å². The summed E-state index contributed by atoms with van der Waals surface area (Å²) in [5.41, 5.74) is -0.0562. The van der Waals surface area contributed by atoms with Gasteiger partial charge in [-0.25, -0.2) is 8.78 Å². The van der Waals surface area contributed by atoms with Crippen molar-refractivity contribution in [3.63, 3.8) is 0 Å². The molecule has 2 aliphatic rings. The number of carbonyl (C=O) groups excluding carboxylic acids is 3. The first-order valence-electron chi connectivity index (χ1n) is 12.5. The van der Waals surface area contributed by atoms with Crippen LogP contribution in [0.5, 0.6) is 0 Å². The summed E-state index contributed by atoms with van der Waals surface area (Å²) in [4.78, 5) is 42.2. The van der Waals surface area contributed by atoms with Gasteiger partial charge in [-0.2, -0.15) is 0 Å². The van der Waals surface area contributed by atoms with Crippen LogP contribution in [0.2, 0.25) is 4.34 Å². The van der Waals surface area contributed by atoms with Crippen molar-refractivity contribution >= 4 is 52.0 Å². The number of nitrogens with zero attached hydrogens (tertiary/aromatic N) is 2. The van der Waals surface area contributed by atoms with Crippen molar-refractivity contribution < 1.29 is 27.9 Å². The van der Waals surface area contributed by atoms with Crippen LogP contribution in [0.1, 0.15) is 48.3 Å². The number of morpholine rings is 1. The summed E-state index contributed by atoms with van der Waals surface area (Å²) >= 11 is 7.10. The van der Waals surface area contributed by atoms with Gasteiger partial charge in [-0.05, 0) is 49.1 Å². The van der Waals surface area contributed by atoms with E-state index < -0.39 is 24.3 Å². The Morgan fingerprint density at radius 2 is 2.00 bits per heavy atom. The SMILES string of the molecule is CC(C)CN(C1CC1)[C@H](CNC(=O)c1ccc(Cl)s1)C(=O)Nc1ccc(N2CCOCC2=O)c(C(F)F)c1. The largest absolute Gasteiger partial charge is 0.370 e. The Hall–Kier alpha value is -2.60. The number of ether oxygens (including phenoxy) is 1. The van der Waals surface area contributed by atoms with Gasteiger partial charge in [0, 0.05) is 36.9 Å². The lowest BCUT2D eigenvalue weighted by atomic mass is 10.1. The highest BCUT2D eigenvalue weighted by Crippen LogP contribution is 2.34. The van der Waals surface area contributed by atoms with Crippen molar-refractivity contribution in [2.45, 2.75) is 45.2 Å². The molecule has 0 unspecified atom stereocenters. The molecule has 2 heterocycles. The second-order valence-electron chi connectivity index (χ2n) is 9.81. The minimum atomic E-state index is -2.85. The van der Waals surface area contributed by atoms with Crippen LogP contribution < -0.4 is 15.5 Å². The minimum absolute atomic E-state index is 0.0471. The van der Waals surface area contributed by atoms with Gasteiger partial charge in [-0.15, -0.1) is 11.3 Å². The van der Waals surface area contributed by atoms with Gasteiger partial charge >= 0.3 is 0 Å². The van der Waals surface area contributed by atoms with E-state index in [1.54, 1.807) is 12.1 Å². The van der Waals surface area contributed by atoms with Gasteiger partial charge in [0.25, 0.3) is 18.2 Å². The molecule has 2 fully saturated rings. The standard InChI is InChI=1S/C26H31ClF2N4O4S/c1-15(2)13-33(17-4-5-17)20(12-30-26(36)21-7-8-22(27)38-21)25(35)31-16-3-6-19(18(11-16)24(28)29)32-9-10-37-14-23(32)34/h3,6-8,11,15,17,20,24H,4-5,9-10,12-14H2,1-2H3,(H,30,36)(H,31,35)/t20-/m1/s1. The van der Waals surface area contributed by atoms with Crippen molar-refractivity contribution in [1.82, 2.24) is 10.2 Å². The first-order chi connectivity index (χ1) is 18.1. The van der Waals surface area contributed by atoms with E-state index in [1.165, 1.54) is 23.1 Å². The molecule has 12 heteroatoms. The van der Waals surface area contributed by atoms with E-state index in [2.05, 4.69) is 29.4 Å². The molecule has 8 nitrogen and oxygen atoms in total. The summed E-state index contributed by atoms with van der Waals surface area (Å²) in [7, 11) is 0. The highest BCUT2D eigenvalue weighted by atomic mass is 35.5. The van der Waals surface area contributed by atoms with E-state index >= 15 is 0 Å². The first-order valence-corrected chi connectivity index (χ1v) is 13.7. The monoisotopic (exact) mass is 568 g/mol. The number of nitrogens with one attached hydrogen (secondary N) is 2. The zero-order valence-corrected chi connectivity index (χ0v) is 22.8. The van der Waals surface area contributed by atoms with E-state index in [9.17, 15) is 23.2 Å². The normalized spacial score (nSPS) is 16.8. The lowest BCUT2D eigenvalue weighted by Crippen LogP contribution is -2.52. The van der Waals surface area contributed by atoms with Crippen molar-refractivity contribution in [3.05, 3.63) is 45.1 Å². The maximum Gasteiger partial charge on any atom is 0.265 e. The Morgan fingerprint density at radius 1 is 1.24 bits per heavy atom. The lowest BCUT2D eigenvalue weighted by Gasteiger charge is -2.32. The Bertz CT molecular complexity index is 1170. The molecular weight excluding hydrogens is 538 g/mol. The molecule has 2 N–H and O–H groups in total. The third-order valence-electron chi connectivity index (χ3n) is 6.35. The van der Waals surface area contributed by atoms with Crippen molar-refractivity contribution in [2.24, 2.45) is 5.92 Å². The van der Waals surface area contributed by atoms with E-state index in [1.807, 2.05) is 0 Å². The molecule has 1 aliphatic carbocycles. The van der Waals surface area contributed by atoms with Crippen molar-refractivity contribution in [1.29, 1.82) is 0 Å². The number of rotatable bonds is 11. The highest BCUT2D eigenvalue weighted by molar-refractivity contribution is 7.18. The number of benzene rings is 1. The number of amides is 3. The molecule has 1 aliphatic heterocycles. The van der Waals surface area contributed by atoms with Crippen molar-refractivity contribution in [3.8, 4) is 0 Å². The van der Waals surface area contributed by atoms with Crippen molar-refractivity contribution in [2.75, 3.05) is 43.1 Å². The second-order valence-corrected chi connectivity index (χ2v) is 11.5. The molecule has 206 valence electrons. The second kappa shape index (κ2) is 12.5. The molecule has 1 saturated carbocycles. The Labute approximate surface area is 229 Å². The van der Waals surface area contributed by atoms with E-state index in [0.717, 1.165) is 24.2 Å². The first kappa shape index (κ1) is 28.4. The molecule has 2 aromatic rings. The van der Waals surface area contributed by atoms with Gasteiger partial charge in [0.2, 0.25) is 5.91 Å². The molecule has 0 bridgehead atoms. The maximum absolute atomic E-state index is 14.0. The number of hydrogen-bond donors (Lipinski definition) is 2. The molecule has 0 spiro atoms. The van der Waals surface area contributed by atoms with Crippen LogP contribution in [0, 0.1) is 5.92 Å². The van der Waals surface area contributed by atoms with Gasteiger partial charge in [0.15, 0.2) is 0 Å². The smallest absolute Gasteiger partial charge is 0.265 e. The molecule has 38 heavy (non-hydrogen) atoms. The van der Waals surface area contributed by atoms with Crippen LogP contribution in [0.3, 0.4) is 0 Å². The predicted octanol–water partition coefficient (Wildman–Crippen LogP) is 4.56. The minimum Gasteiger partial charge on any atom is -0.370 e. The third kappa shape index (κ3) is 7.07. The summed E-state index contributed by atoms with van der Waals surface area (Å²) in [5.74, 6) is -0.864. The Kier molecular flexibility index (Phi) is 9.35. The third-order valence-corrected chi connectivity index (χ3v) is 7.58. The van der Waals surface area contributed by atoms with Crippen LogP contribution >= 0.6 is 22.9 Å². The molecular formula is C26H31ClF2N4O4S. The average molecular weight is 569 g/mol. The number of thiophene rings is 1. The van der Waals surface area contributed by atoms with Crippen LogP contribution in [0.15, 0.2) is 30.3 Å². The zero-order valence-electron chi connectivity index (χ0n) is 21.2. The fourth-order valence-corrected chi connectivity index (χ4v) is 5.44. The summed E-state index contributed by atoms with van der Waals surface area (Å²) in [6, 6.07) is 6.90. The van der Waals surface area contributed by atoms with Crippen LogP contribution in [0.25, 0.3) is 0 Å².